The number of hydrogen-bond acceptors (Lipinski definition) is 1. The number of furan rings is 1. The summed E-state index contributed by atoms with van der Waals surface area (Å²) in [5.74, 6) is 0. The van der Waals surface area contributed by atoms with E-state index in [9.17, 15) is 0 Å². The first kappa shape index (κ1) is 23.1. The van der Waals surface area contributed by atoms with Crippen LogP contribution < -0.4 is 14.9 Å². The third-order valence-electron chi connectivity index (χ3n) is 7.41. The Morgan fingerprint density at radius 3 is 2.12 bits per heavy atom. The van der Waals surface area contributed by atoms with E-state index in [0.29, 0.717) is 0 Å². The van der Waals surface area contributed by atoms with Crippen LogP contribution in [-0.2, 0) is 7.05 Å². The second-order valence-electron chi connectivity index (χ2n) is 11.9. The summed E-state index contributed by atoms with van der Waals surface area (Å²) in [5, 5.41) is 6.88. The molecule has 0 fully saturated rings. The molecule has 4 heteroatoms. The van der Waals surface area contributed by atoms with E-state index in [1.54, 1.807) is 0 Å². The summed E-state index contributed by atoms with van der Waals surface area (Å²) in [4.78, 5) is 0. The summed E-state index contributed by atoms with van der Waals surface area (Å²) < 4.78 is 8.92. The smallest absolute Gasteiger partial charge is 0.216 e. The van der Waals surface area contributed by atoms with Crippen molar-refractivity contribution in [3.05, 3.63) is 65.7 Å². The van der Waals surface area contributed by atoms with Crippen molar-refractivity contribution >= 4 is 59.4 Å². The minimum Gasteiger partial charge on any atom is -0.455 e. The lowest BCUT2D eigenvalue weighted by Crippen LogP contribution is -2.45. The molecule has 2 heterocycles. The lowest BCUT2D eigenvalue weighted by molar-refractivity contribution is -0.633. The van der Waals surface area contributed by atoms with Gasteiger partial charge in [-0.25, -0.2) is 0 Å². The predicted octanol–water partition coefficient (Wildman–Crippen LogP) is 6.94. The number of nitrogens with zero attached hydrogens (tertiary/aromatic N) is 1. The summed E-state index contributed by atoms with van der Waals surface area (Å²) in [7, 11) is -0.815. The molecule has 0 aliphatic heterocycles. The number of pyridine rings is 1. The van der Waals surface area contributed by atoms with Crippen molar-refractivity contribution in [2.75, 3.05) is 0 Å². The van der Waals surface area contributed by atoms with Crippen molar-refractivity contribution in [1.82, 2.24) is 0 Å². The van der Waals surface area contributed by atoms with Crippen LogP contribution in [0.1, 0.15) is 11.1 Å². The minimum atomic E-state index is -1.63. The summed E-state index contributed by atoms with van der Waals surface area (Å²) in [6.07, 6.45) is 0. The summed E-state index contributed by atoms with van der Waals surface area (Å²) in [6.45, 7) is 19.2. The number of benzene rings is 3. The summed E-state index contributed by atoms with van der Waals surface area (Å²) in [6, 6.07) is 20.4. The Morgan fingerprint density at radius 2 is 1.44 bits per heavy atom. The van der Waals surface area contributed by atoms with Gasteiger partial charge in [0, 0.05) is 28.3 Å². The highest BCUT2D eigenvalue weighted by atomic mass is 28.3. The number of hydrogen-bond donors (Lipinski definition) is 0. The van der Waals surface area contributed by atoms with Gasteiger partial charge in [0.1, 0.15) is 18.2 Å². The summed E-state index contributed by atoms with van der Waals surface area (Å²) in [5.41, 5.74) is 8.33. The van der Waals surface area contributed by atoms with Crippen molar-refractivity contribution in [1.29, 1.82) is 0 Å². The fourth-order valence-corrected chi connectivity index (χ4v) is 7.95. The van der Waals surface area contributed by atoms with E-state index >= 15 is 0 Å². The Balaban J connectivity index is 1.94. The van der Waals surface area contributed by atoms with Crippen LogP contribution in [0.5, 0.6) is 0 Å². The highest BCUT2D eigenvalue weighted by molar-refractivity contribution is 6.91. The average Bonchev–Trinajstić information content (AvgIpc) is 3.12. The van der Waals surface area contributed by atoms with Gasteiger partial charge in [-0.1, -0.05) is 68.7 Å². The normalized spacial score (nSPS) is 12.9. The van der Waals surface area contributed by atoms with E-state index in [-0.39, 0.29) is 0 Å². The van der Waals surface area contributed by atoms with Gasteiger partial charge in [-0.2, -0.15) is 4.57 Å². The van der Waals surface area contributed by atoms with E-state index in [2.05, 4.69) is 119 Å². The van der Waals surface area contributed by atoms with E-state index in [1.165, 1.54) is 54.4 Å². The molecule has 0 bridgehead atoms. The molecule has 34 heavy (non-hydrogen) atoms. The fraction of sp³-hybridized carbons (Fsp3) is 0.300. The van der Waals surface area contributed by atoms with Gasteiger partial charge in [-0.05, 0) is 48.4 Å². The number of rotatable bonds is 3. The Bertz CT molecular complexity index is 1600. The molecule has 0 amide bonds. The number of para-hydroxylation sites is 1. The molecule has 5 rings (SSSR count). The van der Waals surface area contributed by atoms with Gasteiger partial charge in [-0.15, -0.1) is 0 Å². The average molecular weight is 483 g/mol. The number of fused-ring (bicyclic) bond motifs is 4. The molecule has 0 N–H and O–H groups in total. The maximum Gasteiger partial charge on any atom is 0.216 e. The topological polar surface area (TPSA) is 17.0 Å². The van der Waals surface area contributed by atoms with Crippen LogP contribution in [-0.4, -0.2) is 16.1 Å². The monoisotopic (exact) mass is 482 g/mol. The highest BCUT2D eigenvalue weighted by Crippen LogP contribution is 2.38. The SMILES string of the molecule is Cc1cc2c(oc3ccccc32)c(-c2cc([Si](C)(C)C)c3cc([Si](C)(C)C)ccc3[n+]2C)c1C. The van der Waals surface area contributed by atoms with Gasteiger partial charge in [-0.3, -0.25) is 0 Å². The molecule has 0 aliphatic rings. The fourth-order valence-electron chi connectivity index (χ4n) is 5.21. The number of aromatic nitrogens is 1. The minimum absolute atomic E-state index is 0.956. The van der Waals surface area contributed by atoms with E-state index in [0.717, 1.165) is 11.2 Å². The van der Waals surface area contributed by atoms with Gasteiger partial charge in [0.05, 0.1) is 21.7 Å². The second-order valence-corrected chi connectivity index (χ2v) is 22.0. The van der Waals surface area contributed by atoms with Gasteiger partial charge in [0.15, 0.2) is 0 Å². The molecular weight excluding hydrogens is 447 g/mol. The van der Waals surface area contributed by atoms with Crippen molar-refractivity contribution in [3.8, 4) is 11.3 Å². The molecular formula is C30H36NOSi2+. The molecule has 3 aromatic carbocycles. The van der Waals surface area contributed by atoms with E-state index in [4.69, 9.17) is 4.42 Å². The van der Waals surface area contributed by atoms with Crippen LogP contribution in [0.3, 0.4) is 0 Å². The van der Waals surface area contributed by atoms with Crippen LogP contribution in [0.4, 0.5) is 0 Å². The van der Waals surface area contributed by atoms with Crippen LogP contribution in [0.25, 0.3) is 44.1 Å². The van der Waals surface area contributed by atoms with Gasteiger partial charge >= 0.3 is 0 Å². The molecule has 0 spiro atoms. The zero-order valence-electron chi connectivity index (χ0n) is 22.1. The molecule has 5 aromatic rings. The quantitative estimate of drug-likeness (QED) is 0.201. The highest BCUT2D eigenvalue weighted by Gasteiger charge is 2.30. The first-order valence-corrected chi connectivity index (χ1v) is 19.3. The largest absolute Gasteiger partial charge is 0.455 e. The Morgan fingerprint density at radius 1 is 0.735 bits per heavy atom. The van der Waals surface area contributed by atoms with Crippen LogP contribution in [0.15, 0.2) is 59.0 Å². The standard InChI is InChI=1S/C30H36NOSi2/c1-19-16-23-22-12-10-11-13-27(22)32-30(23)29(20(19)2)26-18-28(34(7,8)9)24-17-21(33(4,5)6)14-15-25(24)31(26)3/h10-18H,1-9H3/q+1. The van der Waals surface area contributed by atoms with E-state index in [1.807, 2.05) is 0 Å². The lowest BCUT2D eigenvalue weighted by Gasteiger charge is -2.22. The van der Waals surface area contributed by atoms with Gasteiger partial charge in [0.2, 0.25) is 11.2 Å². The molecule has 0 aliphatic carbocycles. The molecule has 0 atom stereocenters. The van der Waals surface area contributed by atoms with Crippen LogP contribution >= 0.6 is 0 Å². The second kappa shape index (κ2) is 7.66. The van der Waals surface area contributed by atoms with Crippen molar-refractivity contribution in [2.24, 2.45) is 7.05 Å². The van der Waals surface area contributed by atoms with Crippen molar-refractivity contribution in [3.63, 3.8) is 0 Å². The molecule has 0 unspecified atom stereocenters. The van der Waals surface area contributed by atoms with Gasteiger partial charge in [0.25, 0.3) is 0 Å². The Kier molecular flexibility index (Phi) is 5.19. The maximum absolute atomic E-state index is 6.53. The Hall–Kier alpha value is -2.70. The predicted molar refractivity (Wildman–Crippen MR) is 153 cm³/mol. The van der Waals surface area contributed by atoms with Gasteiger partial charge < -0.3 is 4.42 Å². The van der Waals surface area contributed by atoms with Crippen molar-refractivity contribution < 1.29 is 8.98 Å². The zero-order valence-corrected chi connectivity index (χ0v) is 24.1. The maximum atomic E-state index is 6.53. The lowest BCUT2D eigenvalue weighted by atomic mass is 9.96. The van der Waals surface area contributed by atoms with Crippen LogP contribution in [0, 0.1) is 13.8 Å². The van der Waals surface area contributed by atoms with Crippen LogP contribution in [0.2, 0.25) is 39.3 Å². The number of aryl methyl sites for hydroxylation is 2. The molecule has 0 radical (unpaired) electrons. The molecule has 2 aromatic heterocycles. The van der Waals surface area contributed by atoms with Crippen molar-refractivity contribution in [2.45, 2.75) is 53.1 Å². The molecule has 0 saturated carbocycles. The zero-order chi connectivity index (χ0) is 24.6. The molecule has 174 valence electrons. The molecule has 0 saturated heterocycles. The van der Waals surface area contributed by atoms with E-state index < -0.39 is 16.1 Å². The third-order valence-corrected chi connectivity index (χ3v) is 11.5. The third kappa shape index (κ3) is 3.55. The first-order chi connectivity index (χ1) is 15.9. The Labute approximate surface area is 205 Å². The summed E-state index contributed by atoms with van der Waals surface area (Å²) >= 11 is 0. The first-order valence-electron chi connectivity index (χ1n) is 12.3. The molecule has 2 nitrogen and oxygen atoms in total.